The lowest BCUT2D eigenvalue weighted by Crippen LogP contribution is -1.98. The average molecular weight is 667 g/mol. The molecule has 0 bridgehead atoms. The molecule has 0 aliphatic rings. The van der Waals surface area contributed by atoms with Crippen LogP contribution in [-0.2, 0) is 25.7 Å². The van der Waals surface area contributed by atoms with Gasteiger partial charge >= 0.3 is 0 Å². The van der Waals surface area contributed by atoms with E-state index in [1.807, 2.05) is 6.21 Å². The Morgan fingerprint density at radius 2 is 0.878 bits per heavy atom. The number of rotatable bonds is 28. The van der Waals surface area contributed by atoms with Crippen molar-refractivity contribution in [2.45, 2.75) is 202 Å². The summed E-state index contributed by atoms with van der Waals surface area (Å²) in [7, 11) is 0. The van der Waals surface area contributed by atoms with Gasteiger partial charge in [0.1, 0.15) is 5.71 Å². The first-order valence-corrected chi connectivity index (χ1v) is 21.0. The number of nitrogens with zero attached hydrogens (tertiary/aromatic N) is 2. The molecule has 2 rings (SSSR count). The highest BCUT2D eigenvalue weighted by Crippen LogP contribution is 2.25. The van der Waals surface area contributed by atoms with Crippen LogP contribution in [0.4, 0.5) is 11.4 Å². The second kappa shape index (κ2) is 29.1. The number of aliphatic imine (C=N–C) groups is 2. The second-order valence-electron chi connectivity index (χ2n) is 14.4. The molecule has 0 spiro atoms. The second-order valence-corrected chi connectivity index (χ2v) is 14.4. The molecule has 49 heavy (non-hydrogen) atoms. The van der Waals surface area contributed by atoms with Gasteiger partial charge in [-0.15, -0.1) is 0 Å². The third-order valence-electron chi connectivity index (χ3n) is 9.79. The molecule has 2 nitrogen and oxygen atoms in total. The zero-order valence-electron chi connectivity index (χ0n) is 32.8. The lowest BCUT2D eigenvalue weighted by atomic mass is 9.96. The van der Waals surface area contributed by atoms with E-state index in [2.05, 4.69) is 82.9 Å². The van der Waals surface area contributed by atoms with Crippen LogP contribution in [0, 0.1) is 11.8 Å². The summed E-state index contributed by atoms with van der Waals surface area (Å²) in [5, 5.41) is 0. The van der Waals surface area contributed by atoms with E-state index < -0.39 is 0 Å². The van der Waals surface area contributed by atoms with Gasteiger partial charge in [-0.05, 0) is 110 Å². The van der Waals surface area contributed by atoms with Gasteiger partial charge in [-0.1, -0.05) is 155 Å². The highest BCUT2D eigenvalue weighted by molar-refractivity contribution is 6.39. The molecule has 2 aromatic rings. The van der Waals surface area contributed by atoms with E-state index in [9.17, 15) is 0 Å². The van der Waals surface area contributed by atoms with Gasteiger partial charge < -0.3 is 0 Å². The zero-order valence-corrected chi connectivity index (χ0v) is 32.8. The third kappa shape index (κ3) is 19.9. The van der Waals surface area contributed by atoms with E-state index in [1.165, 1.54) is 170 Å². The van der Waals surface area contributed by atoms with Crippen molar-refractivity contribution in [3.8, 4) is 11.8 Å². The molecular weight excluding hydrogens is 593 g/mol. The molecule has 272 valence electrons. The molecule has 2 aromatic carbocycles. The van der Waals surface area contributed by atoms with Crippen molar-refractivity contribution in [2.24, 2.45) is 9.98 Å². The van der Waals surface area contributed by atoms with Crippen molar-refractivity contribution >= 4 is 23.3 Å². The normalized spacial score (nSPS) is 11.7. The van der Waals surface area contributed by atoms with Gasteiger partial charge in [-0.2, -0.15) is 0 Å². The number of unbranched alkanes of at least 4 members (excludes halogenated alkanes) is 17. The third-order valence-corrected chi connectivity index (χ3v) is 9.79. The topological polar surface area (TPSA) is 24.7 Å². The summed E-state index contributed by atoms with van der Waals surface area (Å²) < 4.78 is 0. The first-order chi connectivity index (χ1) is 24.1. The first kappa shape index (κ1) is 42.5. The largest absolute Gasteiger partial charge is 0.254 e. The molecule has 0 saturated carbocycles. The van der Waals surface area contributed by atoms with Crippen molar-refractivity contribution < 1.29 is 0 Å². The molecular formula is C47H74N2. The Balaban J connectivity index is 2.28. The Bertz CT molecular complexity index is 1240. The van der Waals surface area contributed by atoms with Crippen LogP contribution < -0.4 is 0 Å². The molecule has 0 N–H and O–H groups in total. The van der Waals surface area contributed by atoms with Crippen molar-refractivity contribution in [1.82, 2.24) is 0 Å². The maximum atomic E-state index is 5.13. The average Bonchev–Trinajstić information content (AvgIpc) is 3.11. The minimum Gasteiger partial charge on any atom is -0.254 e. The van der Waals surface area contributed by atoms with Crippen molar-refractivity contribution in [1.29, 1.82) is 0 Å². The summed E-state index contributed by atoms with van der Waals surface area (Å²) in [6.45, 7) is 11.4. The molecule has 0 radical (unpaired) electrons. The van der Waals surface area contributed by atoms with Gasteiger partial charge in [0.25, 0.3) is 0 Å². The highest BCUT2D eigenvalue weighted by atomic mass is 14.8. The Morgan fingerprint density at radius 3 is 1.39 bits per heavy atom. The van der Waals surface area contributed by atoms with Gasteiger partial charge in [0, 0.05) is 6.42 Å². The van der Waals surface area contributed by atoms with Crippen LogP contribution in [0.1, 0.15) is 198 Å². The Morgan fingerprint density at radius 1 is 0.469 bits per heavy atom. The molecule has 0 aliphatic carbocycles. The Labute approximate surface area is 304 Å². The van der Waals surface area contributed by atoms with Crippen LogP contribution in [-0.4, -0.2) is 11.9 Å². The fourth-order valence-electron chi connectivity index (χ4n) is 6.63. The monoisotopic (exact) mass is 667 g/mol. The van der Waals surface area contributed by atoms with Gasteiger partial charge in [-0.3, -0.25) is 4.99 Å². The van der Waals surface area contributed by atoms with Gasteiger partial charge in [0.05, 0.1) is 17.6 Å². The summed E-state index contributed by atoms with van der Waals surface area (Å²) in [6.07, 6.45) is 34.7. The van der Waals surface area contributed by atoms with Gasteiger partial charge in [0.2, 0.25) is 0 Å². The predicted molar refractivity (Wildman–Crippen MR) is 221 cm³/mol. The van der Waals surface area contributed by atoms with Crippen LogP contribution in [0.25, 0.3) is 0 Å². The molecule has 0 aromatic heterocycles. The van der Waals surface area contributed by atoms with E-state index in [0.717, 1.165) is 36.3 Å². The fourth-order valence-corrected chi connectivity index (χ4v) is 6.63. The number of aryl methyl sites for hydroxylation is 4. The van der Waals surface area contributed by atoms with E-state index in [0.29, 0.717) is 0 Å². The number of hydrogen-bond acceptors (Lipinski definition) is 2. The molecule has 0 fully saturated rings. The van der Waals surface area contributed by atoms with Gasteiger partial charge in [-0.25, -0.2) is 4.99 Å². The van der Waals surface area contributed by atoms with Crippen LogP contribution >= 0.6 is 0 Å². The lowest BCUT2D eigenvalue weighted by molar-refractivity contribution is 0.567. The molecule has 0 atom stereocenters. The standard InChI is InChI=1S/C47H74N2/c1-6-11-16-17-18-19-20-21-22-23-28-33-47(49-46-37-35-42(30-25-13-8-3)44(39-46)32-27-15-10-5)40-48-45-36-34-41(29-24-12-7-2)43(38-45)31-26-14-9-4/h34-40H,6-27,29-32H2,1-5H3. The quantitative estimate of drug-likeness (QED) is 0.0490. The zero-order chi connectivity index (χ0) is 35.2. The predicted octanol–water partition coefficient (Wildman–Crippen LogP) is 15.0. The molecule has 0 amide bonds. The van der Waals surface area contributed by atoms with E-state index in [1.54, 1.807) is 0 Å². The Hall–Kier alpha value is -2.66. The lowest BCUT2D eigenvalue weighted by Gasteiger charge is -2.11. The Kier molecular flexibility index (Phi) is 25.2. The summed E-state index contributed by atoms with van der Waals surface area (Å²) in [5.74, 6) is 6.92. The van der Waals surface area contributed by atoms with Crippen molar-refractivity contribution in [3.05, 3.63) is 58.7 Å². The van der Waals surface area contributed by atoms with Crippen LogP contribution in [0.3, 0.4) is 0 Å². The number of benzene rings is 2. The molecule has 0 unspecified atom stereocenters. The van der Waals surface area contributed by atoms with Crippen LogP contribution in [0.5, 0.6) is 0 Å². The molecule has 0 heterocycles. The smallest absolute Gasteiger partial charge is 0.132 e. The maximum Gasteiger partial charge on any atom is 0.132 e. The van der Waals surface area contributed by atoms with E-state index >= 15 is 0 Å². The van der Waals surface area contributed by atoms with Crippen LogP contribution in [0.2, 0.25) is 0 Å². The van der Waals surface area contributed by atoms with E-state index in [4.69, 9.17) is 9.98 Å². The molecule has 0 saturated heterocycles. The highest BCUT2D eigenvalue weighted by Gasteiger charge is 2.07. The minimum atomic E-state index is 0.772. The van der Waals surface area contributed by atoms with Crippen molar-refractivity contribution in [2.75, 3.05) is 0 Å². The first-order valence-electron chi connectivity index (χ1n) is 21.0. The van der Waals surface area contributed by atoms with Crippen molar-refractivity contribution in [3.63, 3.8) is 0 Å². The van der Waals surface area contributed by atoms with Gasteiger partial charge in [0.15, 0.2) is 0 Å². The summed E-state index contributed by atoms with van der Waals surface area (Å²) in [5.41, 5.74) is 8.76. The SMILES string of the molecule is CCCCCCCCCCCC#CC(C=Nc1ccc(CCCCC)c(CCCCC)c1)=Nc1ccc(CCCCC)c(CCCCC)c1. The van der Waals surface area contributed by atoms with E-state index in [-0.39, 0.29) is 0 Å². The molecule has 2 heteroatoms. The fraction of sp³-hybridized carbons (Fsp3) is 0.660. The number of hydrogen-bond donors (Lipinski definition) is 0. The minimum absolute atomic E-state index is 0.772. The summed E-state index contributed by atoms with van der Waals surface area (Å²) in [4.78, 5) is 10.1. The summed E-state index contributed by atoms with van der Waals surface area (Å²) >= 11 is 0. The molecule has 0 aliphatic heterocycles. The maximum absolute atomic E-state index is 5.13. The summed E-state index contributed by atoms with van der Waals surface area (Å²) in [6, 6.07) is 13.7. The van der Waals surface area contributed by atoms with Crippen LogP contribution in [0.15, 0.2) is 46.4 Å².